The maximum absolute atomic E-state index is 13.2. The molecule has 0 spiro atoms. The van der Waals surface area contributed by atoms with Gasteiger partial charge >= 0.3 is 0 Å². The highest BCUT2D eigenvalue weighted by atomic mass is 32.1. The zero-order valence-corrected chi connectivity index (χ0v) is 17.3. The second kappa shape index (κ2) is 7.28. The Kier molecular flexibility index (Phi) is 4.76. The lowest BCUT2D eigenvalue weighted by Gasteiger charge is -2.33. The fraction of sp³-hybridized carbons (Fsp3) is 0.182. The van der Waals surface area contributed by atoms with Gasteiger partial charge in [0.2, 0.25) is 0 Å². The molecule has 0 saturated heterocycles. The predicted octanol–water partition coefficient (Wildman–Crippen LogP) is 3.90. The minimum atomic E-state index is -0.970. The average molecular weight is 419 g/mol. The molecule has 0 radical (unpaired) electrons. The molecule has 30 heavy (non-hydrogen) atoms. The molecule has 3 N–H and O–H groups in total. The molecular weight excluding hydrogens is 398 g/mol. The van der Waals surface area contributed by atoms with Crippen molar-refractivity contribution in [1.82, 2.24) is 5.01 Å². The molecule has 0 amide bonds. The Balaban J connectivity index is 1.85. The molecule has 0 saturated carbocycles. The van der Waals surface area contributed by atoms with Gasteiger partial charge in [-0.1, -0.05) is 29.3 Å². The summed E-state index contributed by atoms with van der Waals surface area (Å²) >= 11 is 1.48. The van der Waals surface area contributed by atoms with Crippen LogP contribution in [0.2, 0.25) is 0 Å². The highest BCUT2D eigenvalue weighted by Gasteiger charge is 2.55. The fourth-order valence-corrected chi connectivity index (χ4v) is 4.77. The van der Waals surface area contributed by atoms with Crippen LogP contribution < -0.4 is 5.73 Å². The molecule has 4 rings (SSSR count). The molecule has 0 unspecified atom stereocenters. The lowest BCUT2D eigenvalue weighted by atomic mass is 9.85. The van der Waals surface area contributed by atoms with Crippen molar-refractivity contribution in [2.45, 2.75) is 18.5 Å². The minimum Gasteiger partial charge on any atom is -0.508 e. The SMILES string of the molecule is CN1C(N)=N[C@](C)(c2cc(-c3cccc(C#N)c3)cs2)[C@H](c2cccc(O)c2)[N+]1=O. The third kappa shape index (κ3) is 3.19. The number of guanidine groups is 1. The van der Waals surface area contributed by atoms with Crippen LogP contribution in [0.1, 0.15) is 29.0 Å². The van der Waals surface area contributed by atoms with Crippen LogP contribution in [0.5, 0.6) is 5.75 Å². The van der Waals surface area contributed by atoms with Crippen LogP contribution in [0.15, 0.2) is 65.0 Å². The van der Waals surface area contributed by atoms with E-state index in [0.717, 1.165) is 20.9 Å². The highest BCUT2D eigenvalue weighted by molar-refractivity contribution is 7.10. The highest BCUT2D eigenvalue weighted by Crippen LogP contribution is 2.47. The second-order valence-corrected chi connectivity index (χ2v) is 8.24. The topological polar surface area (TPSA) is 106 Å². The number of hydrogen-bond acceptors (Lipinski definition) is 6. The molecule has 1 aromatic heterocycles. The number of phenolic OH excluding ortho intramolecular Hbond substituents is 1. The normalized spacial score (nSPS) is 21.2. The van der Waals surface area contributed by atoms with Gasteiger partial charge < -0.3 is 10.8 Å². The lowest BCUT2D eigenvalue weighted by Crippen LogP contribution is -2.53. The van der Waals surface area contributed by atoms with E-state index in [1.165, 1.54) is 16.3 Å². The zero-order valence-electron chi connectivity index (χ0n) is 16.5. The number of rotatable bonds is 3. The number of nitroso groups, excluding NO2 is 1. The molecule has 2 aromatic carbocycles. The Morgan fingerprint density at radius 3 is 2.73 bits per heavy atom. The van der Waals surface area contributed by atoms with E-state index in [1.807, 2.05) is 36.6 Å². The standard InChI is InChI=1S/C22H19N5O2S/c1-22(19-11-17(13-30-19)15-6-3-5-14(9-15)12-23)20(16-7-4-8-18(28)10-16)27(29)26(2)21(24)25-22/h3-11,13,20H,1-2H3,(H2-,24,25,28)/p+1/t20-,22+/m0/s1. The molecule has 7 nitrogen and oxygen atoms in total. The first kappa shape index (κ1) is 19.6. The first-order valence-corrected chi connectivity index (χ1v) is 10.2. The van der Waals surface area contributed by atoms with Crippen molar-refractivity contribution >= 4 is 17.3 Å². The van der Waals surface area contributed by atoms with Gasteiger partial charge in [0.25, 0.3) is 12.0 Å². The van der Waals surface area contributed by atoms with Crippen LogP contribution in [0.4, 0.5) is 0 Å². The van der Waals surface area contributed by atoms with E-state index in [2.05, 4.69) is 6.07 Å². The molecule has 0 aliphatic carbocycles. The summed E-state index contributed by atoms with van der Waals surface area (Å²) < 4.78 is 0. The Labute approximate surface area is 177 Å². The van der Waals surface area contributed by atoms with E-state index < -0.39 is 11.6 Å². The summed E-state index contributed by atoms with van der Waals surface area (Å²) in [5, 5.41) is 22.4. The van der Waals surface area contributed by atoms with E-state index in [-0.39, 0.29) is 11.7 Å². The van der Waals surface area contributed by atoms with Gasteiger partial charge in [-0.05, 0) is 53.8 Å². The van der Waals surface area contributed by atoms with Crippen LogP contribution >= 0.6 is 11.3 Å². The Bertz CT molecular complexity index is 1210. The minimum absolute atomic E-state index is 0.0774. The van der Waals surface area contributed by atoms with Crippen molar-refractivity contribution in [3.05, 3.63) is 80.9 Å². The lowest BCUT2D eigenvalue weighted by molar-refractivity contribution is -0.726. The van der Waals surface area contributed by atoms with Crippen LogP contribution in [0.3, 0.4) is 0 Å². The van der Waals surface area contributed by atoms with Gasteiger partial charge in [-0.25, -0.2) is 4.99 Å². The van der Waals surface area contributed by atoms with E-state index in [0.29, 0.717) is 11.1 Å². The molecule has 2 atom stereocenters. The predicted molar refractivity (Wildman–Crippen MR) is 116 cm³/mol. The third-order valence-electron chi connectivity index (χ3n) is 5.34. The summed E-state index contributed by atoms with van der Waals surface area (Å²) in [5.41, 5.74) is 8.16. The van der Waals surface area contributed by atoms with Crippen LogP contribution in [0.25, 0.3) is 11.1 Å². The average Bonchev–Trinajstić information content (AvgIpc) is 3.23. The van der Waals surface area contributed by atoms with Crippen molar-refractivity contribution in [2.24, 2.45) is 10.7 Å². The van der Waals surface area contributed by atoms with Gasteiger partial charge in [-0.2, -0.15) is 5.26 Å². The van der Waals surface area contributed by atoms with E-state index in [4.69, 9.17) is 10.7 Å². The van der Waals surface area contributed by atoms with Gasteiger partial charge in [-0.3, -0.25) is 0 Å². The quantitative estimate of drug-likeness (QED) is 0.628. The third-order valence-corrected chi connectivity index (χ3v) is 6.49. The number of nitrogens with zero attached hydrogens (tertiary/aromatic N) is 4. The molecule has 150 valence electrons. The van der Waals surface area contributed by atoms with Gasteiger partial charge in [-0.15, -0.1) is 11.3 Å². The number of phenols is 1. The molecular formula is C22H20N5O2S+. The van der Waals surface area contributed by atoms with Crippen LogP contribution in [-0.4, -0.2) is 28.0 Å². The maximum atomic E-state index is 13.2. The first-order valence-electron chi connectivity index (χ1n) is 9.27. The molecule has 1 aliphatic heterocycles. The summed E-state index contributed by atoms with van der Waals surface area (Å²) in [5.74, 6) is 0.193. The van der Waals surface area contributed by atoms with E-state index >= 15 is 0 Å². The summed E-state index contributed by atoms with van der Waals surface area (Å²) in [7, 11) is 1.56. The Morgan fingerprint density at radius 1 is 1.23 bits per heavy atom. The molecule has 8 heteroatoms. The molecule has 1 aliphatic rings. The number of hydrogen-bond donors (Lipinski definition) is 2. The number of aliphatic imine (C=N–C) groups is 1. The number of thiophene rings is 1. The summed E-state index contributed by atoms with van der Waals surface area (Å²) in [4.78, 5) is 19.5. The van der Waals surface area contributed by atoms with Gasteiger partial charge in [0.05, 0.1) is 23.6 Å². The fourth-order valence-electron chi connectivity index (χ4n) is 3.72. The Hall–Kier alpha value is -3.70. The number of nitriles is 1. The van der Waals surface area contributed by atoms with E-state index in [1.54, 1.807) is 37.4 Å². The van der Waals surface area contributed by atoms with Crippen molar-refractivity contribution in [3.8, 4) is 22.9 Å². The number of hydrazine groups is 1. The van der Waals surface area contributed by atoms with Crippen molar-refractivity contribution in [2.75, 3.05) is 7.05 Å². The summed E-state index contributed by atoms with van der Waals surface area (Å²) in [6.45, 7) is 1.87. The number of benzene rings is 2. The maximum Gasteiger partial charge on any atom is 0.289 e. The van der Waals surface area contributed by atoms with Crippen LogP contribution in [-0.2, 0) is 5.54 Å². The molecule has 0 fully saturated rings. The smallest absolute Gasteiger partial charge is 0.289 e. The second-order valence-electron chi connectivity index (χ2n) is 7.33. The van der Waals surface area contributed by atoms with Crippen molar-refractivity contribution in [3.63, 3.8) is 0 Å². The van der Waals surface area contributed by atoms with Gasteiger partial charge in [0, 0.05) is 10.4 Å². The van der Waals surface area contributed by atoms with Gasteiger partial charge in [0.15, 0.2) is 5.54 Å². The first-order chi connectivity index (χ1) is 14.3. The number of aromatic hydroxyl groups is 1. The Morgan fingerprint density at radius 2 is 2.00 bits per heavy atom. The molecule has 0 bridgehead atoms. The molecule has 3 aromatic rings. The molecule has 2 heterocycles. The van der Waals surface area contributed by atoms with Crippen LogP contribution in [0, 0.1) is 16.2 Å². The van der Waals surface area contributed by atoms with Crippen molar-refractivity contribution < 1.29 is 9.98 Å². The summed E-state index contributed by atoms with van der Waals surface area (Å²) in [6, 6.07) is 17.4. The van der Waals surface area contributed by atoms with E-state index in [9.17, 15) is 15.3 Å². The summed E-state index contributed by atoms with van der Waals surface area (Å²) in [6.07, 6.45) is 0. The monoisotopic (exact) mass is 418 g/mol. The van der Waals surface area contributed by atoms with Crippen molar-refractivity contribution in [1.29, 1.82) is 5.26 Å². The largest absolute Gasteiger partial charge is 0.508 e. The number of nitrogens with two attached hydrogens (primary N) is 1. The zero-order chi connectivity index (χ0) is 21.5. The van der Waals surface area contributed by atoms with Gasteiger partial charge in [0.1, 0.15) is 10.6 Å².